The molecule has 22 heavy (non-hydrogen) atoms. The molecular weight excluding hydrogens is 278 g/mol. The van der Waals surface area contributed by atoms with Crippen molar-refractivity contribution in [2.24, 2.45) is 5.92 Å². The molecule has 2 aliphatic rings. The Morgan fingerprint density at radius 2 is 2.18 bits per heavy atom. The number of hydrogen-bond acceptors (Lipinski definition) is 4. The van der Waals surface area contributed by atoms with Gasteiger partial charge in [0.05, 0.1) is 12.2 Å². The maximum absolute atomic E-state index is 12.6. The summed E-state index contributed by atoms with van der Waals surface area (Å²) in [6, 6.07) is 7.93. The van der Waals surface area contributed by atoms with Crippen molar-refractivity contribution >= 4 is 5.97 Å². The number of hydrogen-bond donors (Lipinski definition) is 1. The van der Waals surface area contributed by atoms with E-state index in [1.807, 2.05) is 52.0 Å². The summed E-state index contributed by atoms with van der Waals surface area (Å²) < 4.78 is 11.6. The minimum absolute atomic E-state index is 0.0239. The lowest BCUT2D eigenvalue weighted by atomic mass is 9.78. The first-order valence-corrected chi connectivity index (χ1v) is 7.83. The highest BCUT2D eigenvalue weighted by atomic mass is 16.5. The minimum atomic E-state index is -0.467. The lowest BCUT2D eigenvalue weighted by Gasteiger charge is -2.45. The highest BCUT2D eigenvalue weighted by Crippen LogP contribution is 2.47. The number of carbonyl (C=O) groups excluding carboxylic acids is 1. The van der Waals surface area contributed by atoms with Gasteiger partial charge in [-0.2, -0.15) is 0 Å². The van der Waals surface area contributed by atoms with Gasteiger partial charge >= 0.3 is 5.97 Å². The molecule has 2 bridgehead atoms. The molecule has 0 unspecified atom stereocenters. The van der Waals surface area contributed by atoms with Gasteiger partial charge < -0.3 is 14.8 Å². The molecule has 4 nitrogen and oxygen atoms in total. The molecule has 1 aromatic rings. The molecule has 0 spiro atoms. The fraction of sp³-hybridized carbons (Fsp3) is 0.500. The molecule has 1 aromatic carbocycles. The number of para-hydroxylation sites is 1. The highest BCUT2D eigenvalue weighted by molar-refractivity contribution is 5.91. The lowest BCUT2D eigenvalue weighted by Crippen LogP contribution is -2.54. The van der Waals surface area contributed by atoms with Crippen LogP contribution in [0.1, 0.15) is 45.6 Å². The molecule has 0 radical (unpaired) electrons. The Bertz CT molecular complexity index is 635. The van der Waals surface area contributed by atoms with Crippen molar-refractivity contribution in [3.8, 4) is 5.75 Å². The van der Waals surface area contributed by atoms with E-state index in [1.54, 1.807) is 0 Å². The van der Waals surface area contributed by atoms with Gasteiger partial charge in [0.25, 0.3) is 0 Å². The van der Waals surface area contributed by atoms with Gasteiger partial charge in [0.15, 0.2) is 5.72 Å². The minimum Gasteiger partial charge on any atom is -0.468 e. The summed E-state index contributed by atoms with van der Waals surface area (Å²) in [6.45, 7) is 8.46. The van der Waals surface area contributed by atoms with Crippen LogP contribution in [0.25, 0.3) is 0 Å². The van der Waals surface area contributed by atoms with Crippen molar-refractivity contribution in [1.82, 2.24) is 5.32 Å². The molecule has 2 atom stereocenters. The van der Waals surface area contributed by atoms with Crippen molar-refractivity contribution in [3.63, 3.8) is 0 Å². The number of ether oxygens (including phenoxy) is 2. The summed E-state index contributed by atoms with van der Waals surface area (Å²) in [7, 11) is 0. The fourth-order valence-electron chi connectivity index (χ4n) is 3.32. The van der Waals surface area contributed by atoms with Crippen LogP contribution in [0.4, 0.5) is 0 Å². The zero-order valence-electron chi connectivity index (χ0n) is 13.6. The molecule has 0 aliphatic carbocycles. The van der Waals surface area contributed by atoms with Gasteiger partial charge in [0, 0.05) is 23.6 Å². The van der Waals surface area contributed by atoms with Crippen molar-refractivity contribution < 1.29 is 14.3 Å². The van der Waals surface area contributed by atoms with Crippen LogP contribution in [0.2, 0.25) is 0 Å². The second-order valence-electron chi connectivity index (χ2n) is 6.78. The Hall–Kier alpha value is -1.97. The molecule has 0 aromatic heterocycles. The van der Waals surface area contributed by atoms with Gasteiger partial charge in [0.1, 0.15) is 5.75 Å². The number of esters is 1. The molecule has 0 saturated heterocycles. The van der Waals surface area contributed by atoms with E-state index in [0.717, 1.165) is 29.0 Å². The van der Waals surface area contributed by atoms with E-state index >= 15 is 0 Å². The predicted octanol–water partition coefficient (Wildman–Crippen LogP) is 3.35. The second kappa shape index (κ2) is 5.34. The quantitative estimate of drug-likeness (QED) is 0.870. The topological polar surface area (TPSA) is 47.6 Å². The monoisotopic (exact) mass is 301 g/mol. The van der Waals surface area contributed by atoms with Gasteiger partial charge in [-0.1, -0.05) is 32.0 Å². The molecule has 2 aliphatic heterocycles. The summed E-state index contributed by atoms with van der Waals surface area (Å²) in [5.74, 6) is 0.974. The van der Waals surface area contributed by atoms with Crippen LogP contribution in [0.15, 0.2) is 35.5 Å². The Kier molecular flexibility index (Phi) is 3.63. The van der Waals surface area contributed by atoms with Crippen LogP contribution in [0, 0.1) is 5.92 Å². The van der Waals surface area contributed by atoms with Crippen molar-refractivity contribution in [2.45, 2.75) is 45.8 Å². The largest absolute Gasteiger partial charge is 0.468 e. The zero-order chi connectivity index (χ0) is 15.9. The fourth-order valence-corrected chi connectivity index (χ4v) is 3.32. The predicted molar refractivity (Wildman–Crippen MR) is 84.5 cm³/mol. The van der Waals surface area contributed by atoms with Crippen molar-refractivity contribution in [3.05, 3.63) is 41.1 Å². The number of allylic oxidation sites excluding steroid dienone is 1. The van der Waals surface area contributed by atoms with Gasteiger partial charge in [-0.3, -0.25) is 0 Å². The van der Waals surface area contributed by atoms with Crippen LogP contribution in [0.3, 0.4) is 0 Å². The van der Waals surface area contributed by atoms with Gasteiger partial charge in [0.2, 0.25) is 0 Å². The van der Waals surface area contributed by atoms with Crippen LogP contribution in [0.5, 0.6) is 5.75 Å². The molecule has 3 rings (SSSR count). The number of benzene rings is 1. The summed E-state index contributed by atoms with van der Waals surface area (Å²) in [5, 5.41) is 3.34. The van der Waals surface area contributed by atoms with E-state index in [-0.39, 0.29) is 11.9 Å². The molecule has 1 N–H and O–H groups in total. The average Bonchev–Trinajstić information content (AvgIpc) is 2.43. The first kappa shape index (κ1) is 14.9. The van der Waals surface area contributed by atoms with Gasteiger partial charge in [-0.25, -0.2) is 4.79 Å². The Labute approximate surface area is 131 Å². The van der Waals surface area contributed by atoms with E-state index < -0.39 is 5.72 Å². The normalized spacial score (nSPS) is 26.1. The molecule has 4 heteroatoms. The number of fused-ring (bicyclic) bond motifs is 4. The van der Waals surface area contributed by atoms with E-state index in [1.165, 1.54) is 0 Å². The number of rotatable bonds is 3. The van der Waals surface area contributed by atoms with E-state index in [2.05, 4.69) is 5.32 Å². The Balaban J connectivity index is 1.98. The van der Waals surface area contributed by atoms with E-state index in [0.29, 0.717) is 12.5 Å². The highest BCUT2D eigenvalue weighted by Gasteiger charge is 2.45. The summed E-state index contributed by atoms with van der Waals surface area (Å²) in [4.78, 5) is 12.6. The van der Waals surface area contributed by atoms with Crippen molar-refractivity contribution in [1.29, 1.82) is 0 Å². The summed E-state index contributed by atoms with van der Waals surface area (Å²) >= 11 is 0. The molecule has 2 heterocycles. The molecule has 118 valence electrons. The van der Waals surface area contributed by atoms with Crippen molar-refractivity contribution in [2.75, 3.05) is 6.61 Å². The molecule has 0 fully saturated rings. The molecular formula is C18H23NO3. The number of nitrogens with one attached hydrogen (secondary N) is 1. The van der Waals surface area contributed by atoms with Gasteiger partial charge in [-0.15, -0.1) is 0 Å². The Morgan fingerprint density at radius 1 is 1.45 bits per heavy atom. The summed E-state index contributed by atoms with van der Waals surface area (Å²) in [6.07, 6.45) is 0.730. The first-order chi connectivity index (χ1) is 10.4. The standard InChI is InChI=1S/C18H23NO3/c1-11(2)10-21-17(20)16-12(3)19-18(4)9-14(16)13-7-5-6-8-15(13)22-18/h5-8,11,14,19H,9-10H2,1-4H3/t14-,18-/m0/s1. The maximum atomic E-state index is 12.6. The van der Waals surface area contributed by atoms with Crippen LogP contribution >= 0.6 is 0 Å². The summed E-state index contributed by atoms with van der Waals surface area (Å²) in [5.41, 5.74) is 2.18. The molecule has 0 saturated carbocycles. The second-order valence-corrected chi connectivity index (χ2v) is 6.78. The van der Waals surface area contributed by atoms with Crippen LogP contribution < -0.4 is 10.1 Å². The SMILES string of the molecule is CC1=C(C(=O)OCC(C)C)[C@H]2C[C@@](C)(N1)Oc1ccccc12. The van der Waals surface area contributed by atoms with E-state index in [9.17, 15) is 4.79 Å². The lowest BCUT2D eigenvalue weighted by molar-refractivity contribution is -0.141. The van der Waals surface area contributed by atoms with Crippen LogP contribution in [-0.4, -0.2) is 18.3 Å². The van der Waals surface area contributed by atoms with E-state index in [4.69, 9.17) is 9.47 Å². The third-order valence-corrected chi connectivity index (χ3v) is 4.20. The molecule has 0 amide bonds. The third-order valence-electron chi connectivity index (χ3n) is 4.20. The first-order valence-electron chi connectivity index (χ1n) is 7.83. The van der Waals surface area contributed by atoms with Gasteiger partial charge in [-0.05, 0) is 25.8 Å². The maximum Gasteiger partial charge on any atom is 0.336 e. The Morgan fingerprint density at radius 3 is 2.91 bits per heavy atom. The average molecular weight is 301 g/mol. The zero-order valence-corrected chi connectivity index (χ0v) is 13.6. The smallest absolute Gasteiger partial charge is 0.336 e. The number of carbonyl (C=O) groups is 1. The third kappa shape index (κ3) is 2.58. The van der Waals surface area contributed by atoms with Crippen LogP contribution in [-0.2, 0) is 9.53 Å².